The second-order valence-electron chi connectivity index (χ2n) is 5.27. The molecule has 1 rings (SSSR count). The van der Waals surface area contributed by atoms with Crippen LogP contribution in [-0.2, 0) is 4.74 Å². The lowest BCUT2D eigenvalue weighted by Crippen LogP contribution is -2.38. The summed E-state index contributed by atoms with van der Waals surface area (Å²) in [5.41, 5.74) is 0.281. The Hall–Kier alpha value is -0.120. The van der Waals surface area contributed by atoms with Crippen molar-refractivity contribution in [1.29, 1.82) is 0 Å². The predicted molar refractivity (Wildman–Crippen MR) is 59.3 cm³/mol. The van der Waals surface area contributed by atoms with Crippen molar-refractivity contribution < 1.29 is 4.74 Å². The van der Waals surface area contributed by atoms with Crippen molar-refractivity contribution in [1.82, 2.24) is 9.80 Å². The van der Waals surface area contributed by atoms with Crippen LogP contribution in [-0.4, -0.2) is 55.9 Å². The summed E-state index contributed by atoms with van der Waals surface area (Å²) in [4.78, 5) is 4.42. The summed E-state index contributed by atoms with van der Waals surface area (Å²) in [6, 6.07) is 0. The Morgan fingerprint density at radius 1 is 1.14 bits per heavy atom. The second-order valence-corrected chi connectivity index (χ2v) is 5.27. The number of epoxide rings is 1. The van der Waals surface area contributed by atoms with Crippen LogP contribution in [0.25, 0.3) is 0 Å². The van der Waals surface area contributed by atoms with Gasteiger partial charge < -0.3 is 9.64 Å². The van der Waals surface area contributed by atoms with Gasteiger partial charge in [-0.1, -0.05) is 0 Å². The quantitative estimate of drug-likeness (QED) is 0.625. The highest BCUT2D eigenvalue weighted by molar-refractivity contribution is 4.86. The zero-order valence-corrected chi connectivity index (χ0v) is 10.4. The van der Waals surface area contributed by atoms with Gasteiger partial charge in [0.15, 0.2) is 0 Å². The first-order chi connectivity index (χ1) is 6.34. The van der Waals surface area contributed by atoms with Crippen molar-refractivity contribution >= 4 is 0 Å². The van der Waals surface area contributed by atoms with Gasteiger partial charge in [-0.15, -0.1) is 0 Å². The third-order valence-electron chi connectivity index (χ3n) is 3.32. The molecule has 1 aliphatic heterocycles. The molecule has 1 saturated heterocycles. The maximum absolute atomic E-state index is 5.56. The van der Waals surface area contributed by atoms with Crippen LogP contribution in [0.15, 0.2) is 0 Å². The van der Waals surface area contributed by atoms with Crippen molar-refractivity contribution in [2.24, 2.45) is 0 Å². The molecule has 2 unspecified atom stereocenters. The summed E-state index contributed by atoms with van der Waals surface area (Å²) in [6.45, 7) is 4.56. The molecule has 84 valence electrons. The summed E-state index contributed by atoms with van der Waals surface area (Å²) >= 11 is 0. The van der Waals surface area contributed by atoms with E-state index in [1.54, 1.807) is 0 Å². The minimum absolute atomic E-state index is 0.281. The van der Waals surface area contributed by atoms with E-state index in [0.717, 1.165) is 6.42 Å². The topological polar surface area (TPSA) is 19.0 Å². The molecule has 0 aliphatic carbocycles. The third kappa shape index (κ3) is 2.94. The number of ether oxygens (including phenoxy) is 1. The molecule has 3 heteroatoms. The highest BCUT2D eigenvalue weighted by Crippen LogP contribution is 2.31. The molecule has 0 aromatic carbocycles. The molecule has 2 atom stereocenters. The molecule has 1 aliphatic rings. The number of hydrogen-bond acceptors (Lipinski definition) is 3. The Labute approximate surface area is 88.0 Å². The van der Waals surface area contributed by atoms with Gasteiger partial charge >= 0.3 is 0 Å². The average molecular weight is 200 g/mol. The minimum Gasteiger partial charge on any atom is -0.353 e. The van der Waals surface area contributed by atoms with Crippen LogP contribution >= 0.6 is 0 Å². The maximum atomic E-state index is 5.56. The third-order valence-corrected chi connectivity index (χ3v) is 3.32. The fraction of sp³-hybridized carbons (Fsp3) is 1.00. The van der Waals surface area contributed by atoms with Crippen molar-refractivity contribution in [2.45, 2.75) is 44.6 Å². The Morgan fingerprint density at radius 3 is 2.07 bits per heavy atom. The SMILES string of the molecule is CN(C)C1OC1CCC(C)(C)N(C)C. The Bertz CT molecular complexity index is 190. The average Bonchev–Trinajstić information content (AvgIpc) is 2.79. The van der Waals surface area contributed by atoms with E-state index < -0.39 is 0 Å². The van der Waals surface area contributed by atoms with E-state index in [4.69, 9.17) is 4.74 Å². The maximum Gasteiger partial charge on any atom is 0.137 e. The smallest absolute Gasteiger partial charge is 0.137 e. The van der Waals surface area contributed by atoms with Crippen LogP contribution in [0.2, 0.25) is 0 Å². The Kier molecular flexibility index (Phi) is 3.56. The van der Waals surface area contributed by atoms with Crippen LogP contribution < -0.4 is 0 Å². The fourth-order valence-electron chi connectivity index (χ4n) is 1.52. The van der Waals surface area contributed by atoms with Gasteiger partial charge in [-0.05, 0) is 54.9 Å². The number of rotatable bonds is 5. The van der Waals surface area contributed by atoms with E-state index in [1.165, 1.54) is 6.42 Å². The van der Waals surface area contributed by atoms with Crippen molar-refractivity contribution in [3.8, 4) is 0 Å². The van der Waals surface area contributed by atoms with Crippen LogP contribution in [0.4, 0.5) is 0 Å². The molecule has 0 bridgehead atoms. The van der Waals surface area contributed by atoms with Crippen LogP contribution in [0, 0.1) is 0 Å². The van der Waals surface area contributed by atoms with Gasteiger partial charge in [0.05, 0.1) is 6.10 Å². The van der Waals surface area contributed by atoms with E-state index in [0.29, 0.717) is 12.3 Å². The zero-order chi connectivity index (χ0) is 10.9. The largest absolute Gasteiger partial charge is 0.353 e. The first kappa shape index (κ1) is 12.0. The van der Waals surface area contributed by atoms with E-state index in [1.807, 2.05) is 0 Å². The minimum atomic E-state index is 0.281. The summed E-state index contributed by atoms with van der Waals surface area (Å²) in [7, 11) is 8.41. The predicted octanol–water partition coefficient (Wildman–Crippen LogP) is 1.39. The van der Waals surface area contributed by atoms with Gasteiger partial charge in [0, 0.05) is 5.54 Å². The lowest BCUT2D eigenvalue weighted by Gasteiger charge is -2.32. The normalized spacial score (nSPS) is 27.4. The van der Waals surface area contributed by atoms with Gasteiger partial charge in [-0.2, -0.15) is 0 Å². The lowest BCUT2D eigenvalue weighted by atomic mass is 9.96. The zero-order valence-electron chi connectivity index (χ0n) is 10.4. The number of hydrogen-bond donors (Lipinski definition) is 0. The molecule has 0 spiro atoms. The molecule has 0 saturated carbocycles. The van der Waals surface area contributed by atoms with Gasteiger partial charge in [-0.3, -0.25) is 4.90 Å². The molecule has 0 radical (unpaired) electrons. The molecular formula is C11H24N2O. The second kappa shape index (κ2) is 4.17. The van der Waals surface area contributed by atoms with Crippen LogP contribution in [0.1, 0.15) is 26.7 Å². The van der Waals surface area contributed by atoms with Crippen molar-refractivity contribution in [2.75, 3.05) is 28.2 Å². The molecule has 14 heavy (non-hydrogen) atoms. The summed E-state index contributed by atoms with van der Waals surface area (Å²) in [6.07, 6.45) is 3.18. The molecule has 0 amide bonds. The Balaban J connectivity index is 2.23. The van der Waals surface area contributed by atoms with E-state index >= 15 is 0 Å². The fourth-order valence-corrected chi connectivity index (χ4v) is 1.52. The van der Waals surface area contributed by atoms with Crippen LogP contribution in [0.3, 0.4) is 0 Å². The standard InChI is InChI=1S/C11H24N2O/c1-11(2,13(5)6)8-7-9-10(14-9)12(3)4/h9-10H,7-8H2,1-6H3. The highest BCUT2D eigenvalue weighted by atomic mass is 16.6. The molecule has 1 fully saturated rings. The number of nitrogens with zero attached hydrogens (tertiary/aromatic N) is 2. The molecule has 1 heterocycles. The molecule has 0 N–H and O–H groups in total. The van der Waals surface area contributed by atoms with Crippen molar-refractivity contribution in [3.05, 3.63) is 0 Å². The number of likely N-dealkylation sites (N-methyl/N-ethyl adjacent to an activating group) is 1. The van der Waals surface area contributed by atoms with E-state index in [2.05, 4.69) is 51.8 Å². The first-order valence-corrected chi connectivity index (χ1v) is 5.34. The van der Waals surface area contributed by atoms with E-state index in [-0.39, 0.29) is 5.54 Å². The van der Waals surface area contributed by atoms with Crippen LogP contribution in [0.5, 0.6) is 0 Å². The van der Waals surface area contributed by atoms with E-state index in [9.17, 15) is 0 Å². The molecule has 3 nitrogen and oxygen atoms in total. The molecule has 0 aromatic heterocycles. The monoisotopic (exact) mass is 200 g/mol. The van der Waals surface area contributed by atoms with Crippen molar-refractivity contribution in [3.63, 3.8) is 0 Å². The lowest BCUT2D eigenvalue weighted by molar-refractivity contribution is 0.173. The Morgan fingerprint density at radius 2 is 1.71 bits per heavy atom. The summed E-state index contributed by atoms with van der Waals surface area (Å²) < 4.78 is 5.56. The summed E-state index contributed by atoms with van der Waals surface area (Å²) in [5.74, 6) is 0. The van der Waals surface area contributed by atoms with Gasteiger partial charge in [0.25, 0.3) is 0 Å². The highest BCUT2D eigenvalue weighted by Gasteiger charge is 2.41. The summed E-state index contributed by atoms with van der Waals surface area (Å²) in [5, 5.41) is 0. The first-order valence-electron chi connectivity index (χ1n) is 5.34. The van der Waals surface area contributed by atoms with Gasteiger partial charge in [-0.25, -0.2) is 0 Å². The molecule has 0 aromatic rings. The van der Waals surface area contributed by atoms with Gasteiger partial charge in [0.2, 0.25) is 0 Å². The van der Waals surface area contributed by atoms with Gasteiger partial charge in [0.1, 0.15) is 6.23 Å². The molecular weight excluding hydrogens is 176 g/mol.